The topological polar surface area (TPSA) is 108 Å². The van der Waals surface area contributed by atoms with E-state index in [0.717, 1.165) is 11.0 Å². The molecule has 4 rings (SSSR count). The first kappa shape index (κ1) is 30.0. The molecule has 1 aromatic heterocycles. The maximum atomic E-state index is 13.8. The Bertz CT molecular complexity index is 1560. The molecular formula is C28H27BrF3N5O4. The molecule has 0 saturated heterocycles. The van der Waals surface area contributed by atoms with E-state index in [1.807, 2.05) is 0 Å². The molecule has 1 aliphatic heterocycles. The lowest BCUT2D eigenvalue weighted by Crippen LogP contribution is -2.46. The van der Waals surface area contributed by atoms with Crippen molar-refractivity contribution in [2.45, 2.75) is 32.1 Å². The van der Waals surface area contributed by atoms with Crippen LogP contribution in [0.4, 0.5) is 19.1 Å². The van der Waals surface area contributed by atoms with E-state index in [-0.39, 0.29) is 41.1 Å². The van der Waals surface area contributed by atoms with E-state index >= 15 is 0 Å². The van der Waals surface area contributed by atoms with Crippen molar-refractivity contribution in [1.29, 1.82) is 0 Å². The van der Waals surface area contributed by atoms with Crippen molar-refractivity contribution < 1.29 is 27.9 Å². The zero-order chi connectivity index (χ0) is 30.1. The Morgan fingerprint density at radius 1 is 1.22 bits per heavy atom. The van der Waals surface area contributed by atoms with E-state index in [9.17, 15) is 32.7 Å². The van der Waals surface area contributed by atoms with Crippen molar-refractivity contribution in [2.75, 3.05) is 25.6 Å². The number of hydrogen-bond donors (Lipinski definition) is 2. The molecule has 1 atom stereocenters. The lowest BCUT2D eigenvalue weighted by atomic mass is 9.98. The number of hydrogen-bond acceptors (Lipinski definition) is 6. The van der Waals surface area contributed by atoms with Gasteiger partial charge in [-0.25, -0.2) is 9.55 Å². The van der Waals surface area contributed by atoms with E-state index in [4.69, 9.17) is 0 Å². The van der Waals surface area contributed by atoms with Crippen LogP contribution < -0.4 is 10.9 Å². The van der Waals surface area contributed by atoms with Crippen molar-refractivity contribution in [3.63, 3.8) is 0 Å². The molecule has 216 valence electrons. The van der Waals surface area contributed by atoms with Crippen LogP contribution in [0.3, 0.4) is 0 Å². The summed E-state index contributed by atoms with van der Waals surface area (Å²) in [6.45, 7) is 5.13. The number of aliphatic hydroxyl groups is 1. The molecule has 0 saturated carbocycles. The van der Waals surface area contributed by atoms with Crippen LogP contribution in [0.5, 0.6) is 0 Å². The highest BCUT2D eigenvalue weighted by Crippen LogP contribution is 2.36. The highest BCUT2D eigenvalue weighted by molar-refractivity contribution is 9.10. The third-order valence-electron chi connectivity index (χ3n) is 6.73. The number of aromatic nitrogens is 2. The van der Waals surface area contributed by atoms with Crippen LogP contribution in [0.15, 0.2) is 64.4 Å². The number of benzene rings is 2. The Balaban J connectivity index is 1.72. The SMILES string of the molecule is C=CCNc1nc2c(c(=O)n1-c1ccc(C(=O)N(C)CO)cc1)C[C@@H](C)N(C(=O)c1ccc(Br)c(C(F)(F)F)c1)C2. The fourth-order valence-electron chi connectivity index (χ4n) is 4.53. The number of anilines is 1. The van der Waals surface area contributed by atoms with Gasteiger partial charge < -0.3 is 20.2 Å². The normalized spacial score (nSPS) is 14.8. The summed E-state index contributed by atoms with van der Waals surface area (Å²) in [4.78, 5) is 46.7. The van der Waals surface area contributed by atoms with Gasteiger partial charge >= 0.3 is 6.18 Å². The Kier molecular flexibility index (Phi) is 8.69. The molecule has 2 N–H and O–H groups in total. The largest absolute Gasteiger partial charge is 0.417 e. The number of aliphatic hydroxyl groups excluding tert-OH is 1. The molecule has 41 heavy (non-hydrogen) atoms. The molecular weight excluding hydrogens is 607 g/mol. The highest BCUT2D eigenvalue weighted by atomic mass is 79.9. The fourth-order valence-corrected chi connectivity index (χ4v) is 5.00. The Labute approximate surface area is 242 Å². The number of amides is 2. The Hall–Kier alpha value is -3.97. The highest BCUT2D eigenvalue weighted by Gasteiger charge is 2.36. The second-order valence-electron chi connectivity index (χ2n) is 9.54. The monoisotopic (exact) mass is 633 g/mol. The van der Waals surface area contributed by atoms with E-state index in [2.05, 4.69) is 32.8 Å². The van der Waals surface area contributed by atoms with Crippen molar-refractivity contribution in [3.8, 4) is 5.69 Å². The van der Waals surface area contributed by atoms with Crippen molar-refractivity contribution >= 4 is 33.7 Å². The summed E-state index contributed by atoms with van der Waals surface area (Å²) < 4.78 is 41.5. The van der Waals surface area contributed by atoms with Crippen molar-refractivity contribution in [3.05, 3.63) is 97.9 Å². The van der Waals surface area contributed by atoms with Gasteiger partial charge in [0.2, 0.25) is 5.95 Å². The van der Waals surface area contributed by atoms with Gasteiger partial charge in [0.15, 0.2) is 0 Å². The average molecular weight is 634 g/mol. The Morgan fingerprint density at radius 2 is 1.88 bits per heavy atom. The third kappa shape index (κ3) is 6.05. The summed E-state index contributed by atoms with van der Waals surface area (Å²) in [6.07, 6.45) is -2.94. The molecule has 0 aliphatic carbocycles. The molecule has 1 aliphatic rings. The standard InChI is InChI=1S/C28H27BrF3N5O4/c1-4-11-33-27-34-23-14-36(25(40)18-7-10-22(29)21(13-18)28(30,31)32)16(2)12-20(23)26(41)37(27)19-8-5-17(6-9-19)24(39)35(3)15-38/h4-10,13,16,38H,1,11-12,14-15H2,2-3H3,(H,33,34)/t16-/m1/s1. The third-order valence-corrected chi connectivity index (χ3v) is 7.42. The van der Waals surface area contributed by atoms with Crippen LogP contribution in [0.25, 0.3) is 5.69 Å². The molecule has 2 aromatic carbocycles. The van der Waals surface area contributed by atoms with Gasteiger partial charge in [-0.15, -0.1) is 6.58 Å². The minimum absolute atomic E-state index is 0.0769. The molecule has 0 bridgehead atoms. The minimum Gasteiger partial charge on any atom is -0.376 e. The number of rotatable bonds is 7. The van der Waals surface area contributed by atoms with E-state index < -0.39 is 36.3 Å². The number of nitrogens with one attached hydrogen (secondary N) is 1. The smallest absolute Gasteiger partial charge is 0.376 e. The first-order chi connectivity index (χ1) is 19.4. The lowest BCUT2D eigenvalue weighted by Gasteiger charge is -2.34. The summed E-state index contributed by atoms with van der Waals surface area (Å²) in [5.41, 5.74) is -0.0201. The van der Waals surface area contributed by atoms with Crippen LogP contribution in [0, 0.1) is 0 Å². The van der Waals surface area contributed by atoms with Gasteiger partial charge in [-0.05, 0) is 55.8 Å². The summed E-state index contributed by atoms with van der Waals surface area (Å²) >= 11 is 2.89. The molecule has 3 aromatic rings. The van der Waals surface area contributed by atoms with Gasteiger partial charge in [0.05, 0.1) is 23.5 Å². The average Bonchev–Trinajstić information content (AvgIpc) is 2.94. The predicted octanol–water partition coefficient (Wildman–Crippen LogP) is 4.22. The number of carbonyl (C=O) groups excluding carboxylic acids is 2. The number of halogens is 4. The second-order valence-corrected chi connectivity index (χ2v) is 10.4. The molecule has 0 spiro atoms. The number of alkyl halides is 3. The van der Waals surface area contributed by atoms with Crippen LogP contribution in [-0.2, 0) is 19.1 Å². The maximum absolute atomic E-state index is 13.8. The molecule has 2 amide bonds. The van der Waals surface area contributed by atoms with Gasteiger partial charge in [0.1, 0.15) is 6.73 Å². The van der Waals surface area contributed by atoms with E-state index in [0.29, 0.717) is 22.5 Å². The lowest BCUT2D eigenvalue weighted by molar-refractivity contribution is -0.138. The van der Waals surface area contributed by atoms with Crippen molar-refractivity contribution in [1.82, 2.24) is 19.4 Å². The summed E-state index contributed by atoms with van der Waals surface area (Å²) in [5.74, 6) is -0.835. The van der Waals surface area contributed by atoms with Crippen LogP contribution in [0.1, 0.15) is 44.5 Å². The van der Waals surface area contributed by atoms with Crippen LogP contribution in [-0.4, -0.2) is 62.6 Å². The fraction of sp³-hybridized carbons (Fsp3) is 0.286. The van der Waals surface area contributed by atoms with Crippen molar-refractivity contribution in [2.24, 2.45) is 0 Å². The maximum Gasteiger partial charge on any atom is 0.417 e. The van der Waals surface area contributed by atoms with Gasteiger partial charge in [0, 0.05) is 40.8 Å². The van der Waals surface area contributed by atoms with E-state index in [1.165, 1.54) is 40.8 Å². The van der Waals surface area contributed by atoms with Gasteiger partial charge in [-0.2, -0.15) is 13.2 Å². The molecule has 13 heteroatoms. The number of nitrogens with zero attached hydrogens (tertiary/aromatic N) is 4. The summed E-state index contributed by atoms with van der Waals surface area (Å²) in [7, 11) is 1.45. The zero-order valence-electron chi connectivity index (χ0n) is 22.2. The molecule has 9 nitrogen and oxygen atoms in total. The van der Waals surface area contributed by atoms with Crippen LogP contribution in [0.2, 0.25) is 0 Å². The van der Waals surface area contributed by atoms with E-state index in [1.54, 1.807) is 25.1 Å². The number of fused-ring (bicyclic) bond motifs is 1. The first-order valence-electron chi connectivity index (χ1n) is 12.5. The molecule has 0 unspecified atom stereocenters. The predicted molar refractivity (Wildman–Crippen MR) is 150 cm³/mol. The second kappa shape index (κ2) is 11.9. The first-order valence-corrected chi connectivity index (χ1v) is 13.3. The minimum atomic E-state index is -4.64. The van der Waals surface area contributed by atoms with Gasteiger partial charge in [-0.3, -0.25) is 14.4 Å². The quantitative estimate of drug-likeness (QED) is 0.298. The Morgan fingerprint density at radius 3 is 2.49 bits per heavy atom. The van der Waals surface area contributed by atoms with Gasteiger partial charge in [0.25, 0.3) is 17.4 Å². The number of carbonyl (C=O) groups is 2. The molecule has 0 fully saturated rings. The van der Waals surface area contributed by atoms with Crippen LogP contribution >= 0.6 is 15.9 Å². The van der Waals surface area contributed by atoms with Gasteiger partial charge in [-0.1, -0.05) is 22.0 Å². The zero-order valence-corrected chi connectivity index (χ0v) is 23.8. The molecule has 2 heterocycles. The molecule has 0 radical (unpaired) electrons. The summed E-state index contributed by atoms with van der Waals surface area (Å²) in [6, 6.07) is 9.04. The summed E-state index contributed by atoms with van der Waals surface area (Å²) in [5, 5.41) is 12.3.